The van der Waals surface area contributed by atoms with Gasteiger partial charge in [-0.25, -0.2) is 0 Å². The van der Waals surface area contributed by atoms with E-state index in [1.165, 1.54) is 0 Å². The summed E-state index contributed by atoms with van der Waals surface area (Å²) in [5.41, 5.74) is 0. The largest absolute Gasteiger partial charge is 0.481 e. The summed E-state index contributed by atoms with van der Waals surface area (Å²) in [7, 11) is 0. The highest BCUT2D eigenvalue weighted by Crippen LogP contribution is 1.96. The summed E-state index contributed by atoms with van der Waals surface area (Å²) in [5.74, 6) is -1.28. The highest BCUT2D eigenvalue weighted by molar-refractivity contribution is 5.94. The first-order chi connectivity index (χ1) is 6.16. The summed E-state index contributed by atoms with van der Waals surface area (Å²) < 4.78 is 0. The number of hydrogen-bond acceptors (Lipinski definition) is 2. The Morgan fingerprint density at radius 1 is 1.31 bits per heavy atom. The van der Waals surface area contributed by atoms with E-state index in [-0.39, 0.29) is 12.2 Å². The van der Waals surface area contributed by atoms with Crippen molar-refractivity contribution in [2.75, 3.05) is 0 Å². The molecule has 0 atom stereocenters. The van der Waals surface area contributed by atoms with Gasteiger partial charge in [-0.3, -0.25) is 9.59 Å². The molecule has 0 spiro atoms. The Labute approximate surface area is 77.8 Å². The molecule has 0 aliphatic carbocycles. The van der Waals surface area contributed by atoms with Gasteiger partial charge in [0.05, 0.1) is 0 Å². The maximum Gasteiger partial charge on any atom is 0.310 e. The van der Waals surface area contributed by atoms with Gasteiger partial charge in [0.15, 0.2) is 0 Å². The number of Topliss-reactive ketones (excluding diaryl/α,β-unsaturated/α-hetero) is 1. The smallest absolute Gasteiger partial charge is 0.310 e. The van der Waals surface area contributed by atoms with Gasteiger partial charge < -0.3 is 5.11 Å². The molecule has 0 aromatic rings. The number of carboxylic acid groups (broad SMARTS) is 1. The number of carbonyl (C=O) groups excluding carboxylic acids is 1. The minimum absolute atomic E-state index is 0.224. The van der Waals surface area contributed by atoms with E-state index in [2.05, 4.69) is 0 Å². The van der Waals surface area contributed by atoms with Crippen molar-refractivity contribution in [3.63, 3.8) is 0 Å². The van der Waals surface area contributed by atoms with Crippen LogP contribution in [-0.2, 0) is 9.59 Å². The van der Waals surface area contributed by atoms with Crippen LogP contribution in [0.1, 0.15) is 26.2 Å². The van der Waals surface area contributed by atoms with Gasteiger partial charge >= 0.3 is 5.97 Å². The van der Waals surface area contributed by atoms with Crippen LogP contribution in [-0.4, -0.2) is 16.9 Å². The predicted molar refractivity (Wildman–Crippen MR) is 50.4 cm³/mol. The van der Waals surface area contributed by atoms with Gasteiger partial charge in [-0.15, -0.1) is 0 Å². The lowest BCUT2D eigenvalue weighted by Gasteiger charge is -1.92. The van der Waals surface area contributed by atoms with E-state index < -0.39 is 5.97 Å². The summed E-state index contributed by atoms with van der Waals surface area (Å²) in [4.78, 5) is 20.9. The standard InChI is InChI=1S/C10H14O3/c1-2-3-4-5-6-7-9(11)8-10(12)13/h2-5H,6-8H2,1H3,(H,12,13). The molecule has 0 rings (SSSR count). The van der Waals surface area contributed by atoms with Crippen LogP contribution < -0.4 is 0 Å². The first-order valence-electron chi connectivity index (χ1n) is 4.18. The molecule has 0 unspecified atom stereocenters. The topological polar surface area (TPSA) is 54.4 Å². The molecule has 0 aliphatic rings. The Balaban J connectivity index is 3.53. The van der Waals surface area contributed by atoms with Gasteiger partial charge in [0.1, 0.15) is 12.2 Å². The van der Waals surface area contributed by atoms with E-state index in [9.17, 15) is 9.59 Å². The molecule has 3 nitrogen and oxygen atoms in total. The van der Waals surface area contributed by atoms with Crippen molar-refractivity contribution in [1.29, 1.82) is 0 Å². The number of aliphatic carboxylic acids is 1. The molecule has 0 saturated carbocycles. The molecule has 0 aromatic heterocycles. The van der Waals surface area contributed by atoms with Gasteiger partial charge in [0.25, 0.3) is 0 Å². The second-order valence-electron chi connectivity index (χ2n) is 2.60. The number of allylic oxidation sites excluding steroid dienone is 4. The Morgan fingerprint density at radius 2 is 2.00 bits per heavy atom. The van der Waals surface area contributed by atoms with Crippen LogP contribution in [0.3, 0.4) is 0 Å². The number of carboxylic acids is 1. The molecule has 0 bridgehead atoms. The Hall–Kier alpha value is -1.38. The number of ketones is 1. The van der Waals surface area contributed by atoms with Crippen LogP contribution in [0, 0.1) is 0 Å². The summed E-state index contributed by atoms with van der Waals surface area (Å²) in [5, 5.41) is 8.27. The first-order valence-corrected chi connectivity index (χ1v) is 4.18. The number of hydrogen-bond donors (Lipinski definition) is 1. The van der Waals surface area contributed by atoms with E-state index in [1.807, 2.05) is 31.2 Å². The SMILES string of the molecule is CC=CC=CCCC(=O)CC(=O)O. The van der Waals surface area contributed by atoms with Crippen molar-refractivity contribution in [1.82, 2.24) is 0 Å². The Morgan fingerprint density at radius 3 is 2.54 bits per heavy atom. The molecule has 13 heavy (non-hydrogen) atoms. The summed E-state index contributed by atoms with van der Waals surface area (Å²) in [6.07, 6.45) is 7.99. The third-order valence-electron chi connectivity index (χ3n) is 1.38. The molecule has 1 N–H and O–H groups in total. The van der Waals surface area contributed by atoms with Crippen molar-refractivity contribution < 1.29 is 14.7 Å². The molecule has 0 aromatic carbocycles. The van der Waals surface area contributed by atoms with E-state index in [0.29, 0.717) is 12.8 Å². The van der Waals surface area contributed by atoms with Crippen LogP contribution in [0.25, 0.3) is 0 Å². The van der Waals surface area contributed by atoms with Crippen molar-refractivity contribution in [3.8, 4) is 0 Å². The van der Waals surface area contributed by atoms with Gasteiger partial charge in [-0.1, -0.05) is 24.3 Å². The first kappa shape index (κ1) is 11.6. The van der Waals surface area contributed by atoms with Gasteiger partial charge in [0, 0.05) is 6.42 Å². The van der Waals surface area contributed by atoms with E-state index in [4.69, 9.17) is 5.11 Å². The zero-order valence-electron chi connectivity index (χ0n) is 7.69. The fraction of sp³-hybridized carbons (Fsp3) is 0.400. The minimum Gasteiger partial charge on any atom is -0.481 e. The third kappa shape index (κ3) is 8.53. The maximum absolute atomic E-state index is 10.9. The zero-order chi connectivity index (χ0) is 10.1. The zero-order valence-corrected chi connectivity index (χ0v) is 7.69. The summed E-state index contributed by atoms with van der Waals surface area (Å²) in [6.45, 7) is 1.90. The summed E-state index contributed by atoms with van der Waals surface area (Å²) in [6, 6.07) is 0. The fourth-order valence-corrected chi connectivity index (χ4v) is 0.787. The highest BCUT2D eigenvalue weighted by Gasteiger charge is 2.05. The van der Waals surface area contributed by atoms with Crippen molar-refractivity contribution >= 4 is 11.8 Å². The molecule has 0 radical (unpaired) electrons. The molecule has 0 amide bonds. The monoisotopic (exact) mass is 182 g/mol. The van der Waals surface area contributed by atoms with Crippen LogP contribution in [0.5, 0.6) is 0 Å². The van der Waals surface area contributed by atoms with E-state index in [1.54, 1.807) is 0 Å². The molecule has 0 heterocycles. The lowest BCUT2D eigenvalue weighted by Crippen LogP contribution is -2.05. The minimum atomic E-state index is -1.05. The molecule has 0 saturated heterocycles. The van der Waals surface area contributed by atoms with Crippen LogP contribution >= 0.6 is 0 Å². The van der Waals surface area contributed by atoms with Crippen LogP contribution in [0.15, 0.2) is 24.3 Å². The van der Waals surface area contributed by atoms with Crippen LogP contribution in [0.2, 0.25) is 0 Å². The third-order valence-corrected chi connectivity index (χ3v) is 1.38. The Kier molecular flexibility index (Phi) is 6.51. The molecular formula is C10H14O3. The quantitative estimate of drug-likeness (QED) is 0.504. The lowest BCUT2D eigenvalue weighted by atomic mass is 10.1. The normalized spacial score (nSPS) is 11.2. The predicted octanol–water partition coefficient (Wildman–Crippen LogP) is 1.94. The second-order valence-corrected chi connectivity index (χ2v) is 2.60. The van der Waals surface area contributed by atoms with Crippen molar-refractivity contribution in [2.24, 2.45) is 0 Å². The average Bonchev–Trinajstić information content (AvgIpc) is 2.02. The summed E-state index contributed by atoms with van der Waals surface area (Å²) >= 11 is 0. The number of rotatable bonds is 6. The van der Waals surface area contributed by atoms with E-state index >= 15 is 0 Å². The highest BCUT2D eigenvalue weighted by atomic mass is 16.4. The fourth-order valence-electron chi connectivity index (χ4n) is 0.787. The molecular weight excluding hydrogens is 168 g/mol. The molecule has 0 aliphatic heterocycles. The maximum atomic E-state index is 10.9. The molecule has 72 valence electrons. The van der Waals surface area contributed by atoms with Gasteiger partial charge in [-0.2, -0.15) is 0 Å². The average molecular weight is 182 g/mol. The van der Waals surface area contributed by atoms with Gasteiger partial charge in [-0.05, 0) is 13.3 Å². The molecule has 0 fully saturated rings. The lowest BCUT2D eigenvalue weighted by molar-refractivity contribution is -0.140. The van der Waals surface area contributed by atoms with Crippen molar-refractivity contribution in [3.05, 3.63) is 24.3 Å². The Bertz CT molecular complexity index is 226. The second kappa shape index (κ2) is 7.28. The van der Waals surface area contributed by atoms with Crippen LogP contribution in [0.4, 0.5) is 0 Å². The number of carbonyl (C=O) groups is 2. The van der Waals surface area contributed by atoms with Crippen molar-refractivity contribution in [2.45, 2.75) is 26.2 Å². The van der Waals surface area contributed by atoms with Gasteiger partial charge in [0.2, 0.25) is 0 Å². The van der Waals surface area contributed by atoms with E-state index in [0.717, 1.165) is 0 Å². The molecule has 3 heteroatoms.